The van der Waals surface area contributed by atoms with Crippen LogP contribution in [-0.2, 0) is 0 Å². The molecule has 1 amide bonds. The number of quaternary nitrogens is 1. The quantitative estimate of drug-likeness (QED) is 0.140. The number of unbranched alkanes of at least 4 members (excludes halogenated alkanes) is 4. The fourth-order valence-electron chi connectivity index (χ4n) is 6.19. The molecule has 0 bridgehead atoms. The zero-order chi connectivity index (χ0) is 34.4. The van der Waals surface area contributed by atoms with Crippen LogP contribution in [0.2, 0.25) is 0 Å². The van der Waals surface area contributed by atoms with Crippen molar-refractivity contribution in [2.75, 3.05) is 77.7 Å². The third-order valence-electron chi connectivity index (χ3n) is 9.24. The van der Waals surface area contributed by atoms with Crippen molar-refractivity contribution in [2.24, 2.45) is 0 Å². The van der Waals surface area contributed by atoms with E-state index >= 15 is 0 Å². The Morgan fingerprint density at radius 3 is 2.35 bits per heavy atom. The van der Waals surface area contributed by atoms with Gasteiger partial charge >= 0.3 is 0 Å². The van der Waals surface area contributed by atoms with Gasteiger partial charge in [-0.2, -0.15) is 0 Å². The average molecular weight is 662 g/mol. The van der Waals surface area contributed by atoms with Crippen LogP contribution in [0, 0.1) is 18.6 Å². The fourth-order valence-corrected chi connectivity index (χ4v) is 6.19. The molecule has 0 unspecified atom stereocenters. The van der Waals surface area contributed by atoms with Crippen molar-refractivity contribution in [3.05, 3.63) is 87.7 Å². The number of anilines is 2. The maximum atomic E-state index is 13.8. The highest BCUT2D eigenvalue weighted by molar-refractivity contribution is 6.05. The number of aromatic nitrogens is 2. The summed E-state index contributed by atoms with van der Waals surface area (Å²) in [7, 11) is 8.30. The molecule has 1 fully saturated rings. The molecule has 0 atom stereocenters. The van der Waals surface area contributed by atoms with Gasteiger partial charge in [0.05, 0.1) is 44.4 Å². The summed E-state index contributed by atoms with van der Waals surface area (Å²) in [5.41, 5.74) is 1.11. The highest BCUT2D eigenvalue weighted by Gasteiger charge is 2.26. The number of piperazine rings is 1. The van der Waals surface area contributed by atoms with Crippen molar-refractivity contribution in [2.45, 2.75) is 39.0 Å². The lowest BCUT2D eigenvalue weighted by Gasteiger charge is -2.41. The normalized spacial score (nSPS) is 14.6. The molecule has 1 saturated heterocycles. The van der Waals surface area contributed by atoms with E-state index in [1.807, 2.05) is 44.1 Å². The van der Waals surface area contributed by atoms with Gasteiger partial charge in [0.1, 0.15) is 28.8 Å². The predicted octanol–water partition coefficient (Wildman–Crippen LogP) is 6.01. The van der Waals surface area contributed by atoms with E-state index in [9.17, 15) is 18.4 Å². The Labute approximate surface area is 281 Å². The number of nitrogens with one attached hydrogen (secondary N) is 1. The number of rotatable bonds is 13. The summed E-state index contributed by atoms with van der Waals surface area (Å²) in [6.07, 6.45) is 7.24. The largest absolute Gasteiger partial charge is 0.494 e. The number of carbonyl (C=O) groups excluding carboxylic acids is 1. The van der Waals surface area contributed by atoms with E-state index in [1.165, 1.54) is 62.7 Å². The van der Waals surface area contributed by atoms with E-state index in [2.05, 4.69) is 24.3 Å². The van der Waals surface area contributed by atoms with Gasteiger partial charge in [0.25, 0.3) is 5.91 Å². The number of carbonyl (C=O) groups is 1. The molecule has 4 aromatic rings. The van der Waals surface area contributed by atoms with Crippen molar-refractivity contribution >= 4 is 28.4 Å². The summed E-state index contributed by atoms with van der Waals surface area (Å²) in [5, 5.41) is 2.69. The Bertz CT molecular complexity index is 1800. The molecular weight excluding hydrogens is 614 g/mol. The number of aryl methyl sites for hydroxylation is 1. The van der Waals surface area contributed by atoms with Gasteiger partial charge in [0.2, 0.25) is 5.43 Å². The van der Waals surface area contributed by atoms with Crippen LogP contribution < -0.4 is 20.4 Å². The van der Waals surface area contributed by atoms with E-state index in [-0.39, 0.29) is 16.6 Å². The Kier molecular flexibility index (Phi) is 11.1. The number of benzene rings is 2. The van der Waals surface area contributed by atoms with Crippen LogP contribution in [0.1, 0.15) is 48.0 Å². The second kappa shape index (κ2) is 15.3. The molecule has 0 aliphatic carbocycles. The van der Waals surface area contributed by atoms with Crippen LogP contribution in [0.15, 0.2) is 59.5 Å². The summed E-state index contributed by atoms with van der Waals surface area (Å²) < 4.78 is 36.6. The molecule has 1 N–H and O–H groups in total. The Morgan fingerprint density at radius 1 is 0.979 bits per heavy atom. The van der Waals surface area contributed by atoms with Crippen molar-refractivity contribution in [1.82, 2.24) is 14.5 Å². The molecule has 2 aromatic carbocycles. The van der Waals surface area contributed by atoms with Gasteiger partial charge in [0.15, 0.2) is 5.65 Å². The summed E-state index contributed by atoms with van der Waals surface area (Å²) >= 11 is 0. The zero-order valence-electron chi connectivity index (χ0n) is 28.7. The zero-order valence-corrected chi connectivity index (χ0v) is 28.7. The average Bonchev–Trinajstić information content (AvgIpc) is 3.03. The van der Waals surface area contributed by atoms with Gasteiger partial charge in [-0.25, -0.2) is 13.8 Å². The molecule has 48 heavy (non-hydrogen) atoms. The van der Waals surface area contributed by atoms with Gasteiger partial charge in [-0.05, 0) is 81.3 Å². The molecule has 0 spiro atoms. The Hall–Kier alpha value is -4.35. The highest BCUT2D eigenvalue weighted by atomic mass is 19.1. The van der Waals surface area contributed by atoms with Gasteiger partial charge in [-0.15, -0.1) is 0 Å². The first kappa shape index (κ1) is 35.0. The maximum absolute atomic E-state index is 13.8. The highest BCUT2D eigenvalue weighted by Crippen LogP contribution is 2.26. The molecular formula is C37H47F2N6O3+. The lowest BCUT2D eigenvalue weighted by atomic mass is 10.1. The van der Waals surface area contributed by atoms with E-state index in [4.69, 9.17) is 9.72 Å². The monoisotopic (exact) mass is 661 g/mol. The number of pyridine rings is 2. The number of fused-ring (bicyclic) bond motifs is 1. The summed E-state index contributed by atoms with van der Waals surface area (Å²) in [6.45, 7) is 8.66. The van der Waals surface area contributed by atoms with Gasteiger partial charge in [0, 0.05) is 45.1 Å². The van der Waals surface area contributed by atoms with E-state index in [1.54, 1.807) is 16.7 Å². The van der Waals surface area contributed by atoms with Crippen LogP contribution >= 0.6 is 0 Å². The van der Waals surface area contributed by atoms with E-state index in [0.717, 1.165) is 36.3 Å². The van der Waals surface area contributed by atoms with Crippen molar-refractivity contribution < 1.29 is 22.8 Å². The minimum Gasteiger partial charge on any atom is -0.494 e. The minimum absolute atomic E-state index is 0.0939. The van der Waals surface area contributed by atoms with Crippen LogP contribution in [0.4, 0.5) is 20.3 Å². The lowest BCUT2D eigenvalue weighted by molar-refractivity contribution is -0.913. The van der Waals surface area contributed by atoms with Crippen LogP contribution in [0.5, 0.6) is 5.75 Å². The number of amides is 1. The third kappa shape index (κ3) is 8.56. The summed E-state index contributed by atoms with van der Waals surface area (Å²) in [4.78, 5) is 35.8. The van der Waals surface area contributed by atoms with Crippen molar-refractivity contribution in [3.63, 3.8) is 0 Å². The molecule has 11 heteroatoms. The molecule has 0 saturated carbocycles. The maximum Gasteiger partial charge on any atom is 0.261 e. The molecule has 256 valence electrons. The standard InChI is InChI=1S/C37H46F2N6O3/c1-26-21-30(48-20-10-8-6-7-9-17-45(5)18-15-43(4)16-19-45)11-13-33(26)44-25-32(37(47)40-29-23-27(38)22-28(39)24-29)35(46)31-12-14-34(42(2)3)41-36(31)44/h11-14,21-25H,6-10,15-20H2,1-5H3/p+1. The second-order valence-corrected chi connectivity index (χ2v) is 13.4. The topological polar surface area (TPSA) is 79.7 Å². The summed E-state index contributed by atoms with van der Waals surface area (Å²) in [5.74, 6) is -1.10. The van der Waals surface area contributed by atoms with E-state index < -0.39 is 23.0 Å². The number of hydrogen-bond acceptors (Lipinski definition) is 6. The first-order valence-corrected chi connectivity index (χ1v) is 16.7. The number of halogens is 2. The summed E-state index contributed by atoms with van der Waals surface area (Å²) in [6, 6.07) is 11.7. The molecule has 1 aliphatic heterocycles. The first-order valence-electron chi connectivity index (χ1n) is 16.7. The van der Waals surface area contributed by atoms with Gasteiger partial charge in [-0.3, -0.25) is 19.1 Å². The third-order valence-corrected chi connectivity index (χ3v) is 9.24. The number of ether oxygens (including phenoxy) is 1. The molecule has 2 aromatic heterocycles. The van der Waals surface area contributed by atoms with Crippen molar-refractivity contribution in [3.8, 4) is 11.4 Å². The van der Waals surface area contributed by atoms with E-state index in [0.29, 0.717) is 29.8 Å². The smallest absolute Gasteiger partial charge is 0.261 e. The number of hydrogen-bond donors (Lipinski definition) is 1. The number of likely N-dealkylation sites (N-methyl/N-ethyl adjacent to an activating group) is 2. The van der Waals surface area contributed by atoms with Crippen LogP contribution in [0.25, 0.3) is 16.7 Å². The van der Waals surface area contributed by atoms with Crippen molar-refractivity contribution in [1.29, 1.82) is 0 Å². The Morgan fingerprint density at radius 2 is 1.67 bits per heavy atom. The first-order chi connectivity index (χ1) is 22.9. The molecule has 9 nitrogen and oxygen atoms in total. The van der Waals surface area contributed by atoms with Gasteiger partial charge < -0.3 is 19.4 Å². The second-order valence-electron chi connectivity index (χ2n) is 13.4. The molecule has 5 rings (SSSR count). The van der Waals surface area contributed by atoms with Gasteiger partial charge in [-0.1, -0.05) is 12.8 Å². The fraction of sp³-hybridized carbons (Fsp3) is 0.432. The lowest BCUT2D eigenvalue weighted by Crippen LogP contribution is -2.56. The number of nitrogens with zero attached hydrogens (tertiary/aromatic N) is 5. The predicted molar refractivity (Wildman–Crippen MR) is 188 cm³/mol. The Balaban J connectivity index is 1.27. The van der Waals surface area contributed by atoms with Crippen LogP contribution in [0.3, 0.4) is 0 Å². The van der Waals surface area contributed by atoms with Crippen LogP contribution in [-0.4, -0.2) is 92.4 Å². The molecule has 3 heterocycles. The minimum atomic E-state index is -0.841. The molecule has 0 radical (unpaired) electrons. The SMILES string of the molecule is Cc1cc(OCCCCCCC[N+]2(C)CCN(C)CC2)ccc1-n1cc(C(=O)Nc2cc(F)cc(F)c2)c(=O)c2ccc(N(C)C)nc21. The molecule has 1 aliphatic rings.